The lowest BCUT2D eigenvalue weighted by atomic mass is 9.76. The first kappa shape index (κ1) is 26.7. The third-order valence-electron chi connectivity index (χ3n) is 8.30. The highest BCUT2D eigenvalue weighted by Crippen LogP contribution is 2.50. The number of imide groups is 1. The monoisotopic (exact) mass is 552 g/mol. The molecule has 4 unspecified atom stereocenters. The highest BCUT2D eigenvalue weighted by atomic mass is 16.5. The van der Waals surface area contributed by atoms with E-state index >= 15 is 0 Å². The summed E-state index contributed by atoms with van der Waals surface area (Å²) in [6.45, 7) is 2.75. The van der Waals surface area contributed by atoms with Gasteiger partial charge in [-0.05, 0) is 47.9 Å². The number of hydrogen-bond acceptors (Lipinski definition) is 6. The lowest BCUT2D eigenvalue weighted by molar-refractivity contribution is -0.151. The van der Waals surface area contributed by atoms with E-state index in [4.69, 9.17) is 4.74 Å². The number of fused-ring (bicyclic) bond motifs is 2. The molecule has 2 fully saturated rings. The summed E-state index contributed by atoms with van der Waals surface area (Å²) in [7, 11) is 0. The highest BCUT2D eigenvalue weighted by molar-refractivity contribution is 6.09. The molecule has 210 valence electrons. The van der Waals surface area contributed by atoms with Crippen LogP contribution in [0.1, 0.15) is 36.2 Å². The summed E-state index contributed by atoms with van der Waals surface area (Å²) in [4.78, 5) is 50.0. The van der Waals surface area contributed by atoms with Gasteiger partial charge in [-0.15, -0.1) is 0 Å². The number of carbonyl (C=O) groups is 3. The standard InChI is InChI=1S/C32H32N4O5/c1-2-17-41-23-12-10-20(11-13-23)28-26-27(30(38)36(29(26)37)16-14-22-7-5-6-15-33-22)32(35-28,31(39)40)18-21-19-34-25-9-4-3-8-24(21)25/h3-13,15,19,26-28,34-35H,2,14,16-18H2,1H3,(H,39,40). The Bertz CT molecular complexity index is 1580. The van der Waals surface area contributed by atoms with Gasteiger partial charge < -0.3 is 14.8 Å². The van der Waals surface area contributed by atoms with E-state index in [2.05, 4.69) is 15.3 Å². The van der Waals surface area contributed by atoms with Crippen molar-refractivity contribution in [1.29, 1.82) is 0 Å². The number of pyridine rings is 1. The van der Waals surface area contributed by atoms with Crippen LogP contribution in [-0.2, 0) is 27.2 Å². The molecule has 2 aliphatic rings. The minimum absolute atomic E-state index is 0.0365. The molecule has 0 spiro atoms. The van der Waals surface area contributed by atoms with Crippen molar-refractivity contribution in [3.63, 3.8) is 0 Å². The van der Waals surface area contributed by atoms with Gasteiger partial charge in [0.2, 0.25) is 11.8 Å². The average molecular weight is 553 g/mol. The van der Waals surface area contributed by atoms with Crippen LogP contribution in [0.15, 0.2) is 79.1 Å². The molecule has 0 bridgehead atoms. The van der Waals surface area contributed by atoms with Crippen LogP contribution in [0.5, 0.6) is 5.75 Å². The molecule has 4 heterocycles. The summed E-state index contributed by atoms with van der Waals surface area (Å²) >= 11 is 0. The Hall–Kier alpha value is -4.50. The third-order valence-corrected chi connectivity index (χ3v) is 8.30. The molecular formula is C32H32N4O5. The van der Waals surface area contributed by atoms with E-state index in [-0.39, 0.29) is 18.9 Å². The van der Waals surface area contributed by atoms with E-state index in [1.807, 2.05) is 67.6 Å². The lowest BCUT2D eigenvalue weighted by Gasteiger charge is -2.31. The number of rotatable bonds is 10. The van der Waals surface area contributed by atoms with Gasteiger partial charge in [0.05, 0.1) is 18.4 Å². The van der Waals surface area contributed by atoms with Crippen molar-refractivity contribution in [3.8, 4) is 5.75 Å². The average Bonchev–Trinajstić information content (AvgIpc) is 3.64. The van der Waals surface area contributed by atoms with Gasteiger partial charge in [-0.2, -0.15) is 0 Å². The van der Waals surface area contributed by atoms with Crippen molar-refractivity contribution >= 4 is 28.7 Å². The minimum atomic E-state index is -1.69. The van der Waals surface area contributed by atoms with Crippen LogP contribution in [0.25, 0.3) is 10.9 Å². The summed E-state index contributed by atoms with van der Waals surface area (Å²) in [5.74, 6) is -3.23. The topological polar surface area (TPSA) is 125 Å². The third kappa shape index (κ3) is 4.66. The van der Waals surface area contributed by atoms with Crippen LogP contribution in [0.2, 0.25) is 0 Å². The molecular weight excluding hydrogens is 520 g/mol. The summed E-state index contributed by atoms with van der Waals surface area (Å²) in [6, 6.07) is 19.8. The van der Waals surface area contributed by atoms with E-state index in [1.54, 1.807) is 18.5 Å². The van der Waals surface area contributed by atoms with Gasteiger partial charge in [0.1, 0.15) is 11.3 Å². The fraction of sp³-hybridized carbons (Fsp3) is 0.312. The molecule has 4 atom stereocenters. The number of carbonyl (C=O) groups excluding carboxylic acids is 2. The first-order chi connectivity index (χ1) is 19.9. The van der Waals surface area contributed by atoms with Gasteiger partial charge in [0, 0.05) is 54.4 Å². The molecule has 3 N–H and O–H groups in total. The van der Waals surface area contributed by atoms with Crippen LogP contribution < -0.4 is 10.1 Å². The van der Waals surface area contributed by atoms with Crippen LogP contribution in [0.3, 0.4) is 0 Å². The van der Waals surface area contributed by atoms with Crippen LogP contribution in [-0.4, -0.2) is 56.4 Å². The minimum Gasteiger partial charge on any atom is -0.494 e. The first-order valence-electron chi connectivity index (χ1n) is 14.0. The van der Waals surface area contributed by atoms with E-state index in [1.165, 1.54) is 4.90 Å². The van der Waals surface area contributed by atoms with Crippen molar-refractivity contribution in [2.24, 2.45) is 11.8 Å². The molecule has 2 saturated heterocycles. The molecule has 4 aromatic rings. The number of ether oxygens (including phenoxy) is 1. The first-order valence-corrected chi connectivity index (χ1v) is 14.0. The van der Waals surface area contributed by atoms with Crippen molar-refractivity contribution in [3.05, 3.63) is 95.9 Å². The number of hydrogen-bond donors (Lipinski definition) is 3. The molecule has 2 aliphatic heterocycles. The number of carboxylic acids is 1. The van der Waals surface area contributed by atoms with Gasteiger partial charge in [-0.3, -0.25) is 29.6 Å². The molecule has 2 amide bonds. The molecule has 9 nitrogen and oxygen atoms in total. The maximum atomic E-state index is 14.0. The van der Waals surface area contributed by atoms with E-state index in [0.29, 0.717) is 18.8 Å². The van der Waals surface area contributed by atoms with Gasteiger partial charge in [-0.1, -0.05) is 43.3 Å². The van der Waals surface area contributed by atoms with Crippen molar-refractivity contribution < 1.29 is 24.2 Å². The van der Waals surface area contributed by atoms with Gasteiger partial charge >= 0.3 is 5.97 Å². The second-order valence-electron chi connectivity index (χ2n) is 10.8. The zero-order valence-electron chi connectivity index (χ0n) is 22.7. The summed E-state index contributed by atoms with van der Waals surface area (Å²) < 4.78 is 5.73. The second kappa shape index (κ2) is 10.8. The van der Waals surface area contributed by atoms with Crippen molar-refractivity contribution in [2.75, 3.05) is 13.2 Å². The number of likely N-dealkylation sites (tertiary alicyclic amines) is 1. The molecule has 6 rings (SSSR count). The summed E-state index contributed by atoms with van der Waals surface area (Å²) in [5.41, 5.74) is 1.45. The quantitative estimate of drug-likeness (QED) is 0.255. The Kier molecular flexibility index (Phi) is 7.05. The van der Waals surface area contributed by atoms with Gasteiger partial charge in [0.15, 0.2) is 0 Å². The van der Waals surface area contributed by atoms with Gasteiger partial charge in [-0.25, -0.2) is 0 Å². The molecule has 2 aromatic carbocycles. The Morgan fingerprint density at radius 3 is 2.56 bits per heavy atom. The normalized spacial score (nSPS) is 23.7. The van der Waals surface area contributed by atoms with Crippen molar-refractivity contribution in [2.45, 2.75) is 37.8 Å². The van der Waals surface area contributed by atoms with E-state index in [9.17, 15) is 19.5 Å². The SMILES string of the molecule is CCCOc1ccc(C2NC(Cc3c[nH]c4ccccc34)(C(=O)O)C3C(=O)N(CCc4ccccn4)C(=O)C23)cc1. The predicted molar refractivity (Wildman–Crippen MR) is 152 cm³/mol. The number of nitrogens with one attached hydrogen (secondary N) is 2. The van der Waals surface area contributed by atoms with Crippen LogP contribution in [0.4, 0.5) is 0 Å². The number of H-pyrrole nitrogens is 1. The number of amides is 2. The summed E-state index contributed by atoms with van der Waals surface area (Å²) in [6.07, 6.45) is 4.76. The number of aliphatic carboxylic acids is 1. The number of aromatic amines is 1. The zero-order chi connectivity index (χ0) is 28.6. The molecule has 2 aromatic heterocycles. The Labute approximate surface area is 237 Å². The van der Waals surface area contributed by atoms with Gasteiger partial charge in [0.25, 0.3) is 0 Å². The number of carboxylic acid groups (broad SMARTS) is 1. The number of aromatic nitrogens is 2. The van der Waals surface area contributed by atoms with Crippen LogP contribution >= 0.6 is 0 Å². The molecule has 0 saturated carbocycles. The zero-order valence-corrected chi connectivity index (χ0v) is 22.7. The van der Waals surface area contributed by atoms with E-state index in [0.717, 1.165) is 34.1 Å². The maximum Gasteiger partial charge on any atom is 0.325 e. The maximum absolute atomic E-state index is 14.0. The number of para-hydroxylation sites is 1. The van der Waals surface area contributed by atoms with E-state index < -0.39 is 35.3 Å². The Morgan fingerprint density at radius 2 is 1.83 bits per heavy atom. The lowest BCUT2D eigenvalue weighted by Crippen LogP contribution is -2.57. The largest absolute Gasteiger partial charge is 0.494 e. The highest BCUT2D eigenvalue weighted by Gasteiger charge is 2.68. The smallest absolute Gasteiger partial charge is 0.325 e. The molecule has 0 radical (unpaired) electrons. The molecule has 0 aliphatic carbocycles. The Balaban J connectivity index is 1.39. The number of nitrogens with zero attached hydrogens (tertiary/aromatic N) is 2. The molecule has 9 heteroatoms. The predicted octanol–water partition coefficient (Wildman–Crippen LogP) is 3.91. The second-order valence-corrected chi connectivity index (χ2v) is 10.8. The fourth-order valence-electron chi connectivity index (χ4n) is 6.35. The van der Waals surface area contributed by atoms with Crippen LogP contribution in [0, 0.1) is 11.8 Å². The summed E-state index contributed by atoms with van der Waals surface area (Å²) in [5, 5.41) is 15.0. The fourth-order valence-corrected chi connectivity index (χ4v) is 6.35. The van der Waals surface area contributed by atoms with Crippen molar-refractivity contribution in [1.82, 2.24) is 20.2 Å². The Morgan fingerprint density at radius 1 is 1.05 bits per heavy atom. The number of benzene rings is 2. The molecule has 41 heavy (non-hydrogen) atoms.